The van der Waals surface area contributed by atoms with Crippen molar-refractivity contribution in [3.63, 3.8) is 0 Å². The molecule has 0 heterocycles. The highest BCUT2D eigenvalue weighted by atomic mass is 32.2. The molecule has 4 aliphatic rings. The Morgan fingerprint density at radius 3 is 2.24 bits per heavy atom. The molecule has 0 aromatic heterocycles. The Morgan fingerprint density at radius 2 is 1.56 bits per heavy atom. The third-order valence-corrected chi connectivity index (χ3v) is 14.4. The lowest BCUT2D eigenvalue weighted by molar-refractivity contribution is -0.203. The first-order valence-corrected chi connectivity index (χ1v) is 18.6. The molecule has 3 N–H and O–H groups in total. The summed E-state index contributed by atoms with van der Waals surface area (Å²) in [5, 5.41) is 22.5. The summed E-state index contributed by atoms with van der Waals surface area (Å²) < 4.78 is 33.5. The summed E-state index contributed by atoms with van der Waals surface area (Å²) in [6, 6.07) is 16.1. The van der Waals surface area contributed by atoms with Crippen molar-refractivity contribution in [1.29, 1.82) is 0 Å². The van der Waals surface area contributed by atoms with Gasteiger partial charge in [-0.3, -0.25) is 0 Å². The van der Waals surface area contributed by atoms with Crippen LogP contribution < -0.4 is 4.72 Å². The number of aliphatic hydroxyl groups is 2. The number of nitrogens with one attached hydrogen (secondary N) is 1. The van der Waals surface area contributed by atoms with Crippen molar-refractivity contribution < 1.29 is 28.2 Å². The van der Waals surface area contributed by atoms with Crippen LogP contribution in [0.5, 0.6) is 0 Å². The van der Waals surface area contributed by atoms with E-state index in [2.05, 4.69) is 32.4 Å². The molecule has 7 nitrogen and oxygen atoms in total. The number of aliphatic hydroxyl groups excluding tert-OH is 2. The Kier molecular flexibility index (Phi) is 8.90. The average Bonchev–Trinajstić information content (AvgIpc) is 3.38. The van der Waals surface area contributed by atoms with Crippen molar-refractivity contribution in [3.8, 4) is 11.1 Å². The largest absolute Gasteiger partial charge is 0.449 e. The summed E-state index contributed by atoms with van der Waals surface area (Å²) in [4.78, 5) is 12.7. The van der Waals surface area contributed by atoms with Crippen LogP contribution in [0.25, 0.3) is 11.1 Å². The highest BCUT2D eigenvalue weighted by molar-refractivity contribution is 7.90. The number of benzene rings is 2. The number of sulfonamides is 1. The molecule has 0 unspecified atom stereocenters. The molecule has 8 heteroatoms. The molecule has 0 spiro atoms. The zero-order chi connectivity index (χ0) is 32.1. The van der Waals surface area contributed by atoms with Gasteiger partial charge in [-0.15, -0.1) is 0 Å². The SMILES string of the molecule is CC[C@H]1[C@@H](O)[C@@H]2[C@H](CC[C@]3(C)[C@@H]([C@H](C)COC(=O)NS(=O)(=O)c4ccc(-c5ccccc5)cc4)CC[C@@H]23)[C@@]2(C)CC[C@@H](O)C[C@@H]12. The number of hydrogen-bond donors (Lipinski definition) is 3. The predicted octanol–water partition coefficient (Wildman–Crippen LogP) is 7.03. The second kappa shape index (κ2) is 12.3. The van der Waals surface area contributed by atoms with Crippen LogP contribution in [0.2, 0.25) is 0 Å². The van der Waals surface area contributed by atoms with Gasteiger partial charge in [0, 0.05) is 0 Å². The van der Waals surface area contributed by atoms with Gasteiger partial charge < -0.3 is 14.9 Å². The van der Waals surface area contributed by atoms with Gasteiger partial charge in [-0.2, -0.15) is 0 Å². The van der Waals surface area contributed by atoms with Crippen molar-refractivity contribution in [2.45, 2.75) is 96.2 Å². The molecule has 4 saturated carbocycles. The predicted molar refractivity (Wildman–Crippen MR) is 174 cm³/mol. The third-order valence-electron chi connectivity index (χ3n) is 13.1. The molecule has 246 valence electrons. The van der Waals surface area contributed by atoms with Crippen molar-refractivity contribution >= 4 is 16.1 Å². The third kappa shape index (κ3) is 5.73. The molecule has 0 bridgehead atoms. The van der Waals surface area contributed by atoms with Gasteiger partial charge in [0.2, 0.25) is 0 Å². The summed E-state index contributed by atoms with van der Waals surface area (Å²) >= 11 is 0. The zero-order valence-electron chi connectivity index (χ0n) is 27.2. The van der Waals surface area contributed by atoms with Gasteiger partial charge in [0.25, 0.3) is 10.0 Å². The van der Waals surface area contributed by atoms with E-state index in [1.54, 1.807) is 12.1 Å². The Hall–Kier alpha value is -2.42. The first kappa shape index (κ1) is 32.5. The topological polar surface area (TPSA) is 113 Å². The van der Waals surface area contributed by atoms with Crippen LogP contribution in [0.1, 0.15) is 79.1 Å². The number of carbonyl (C=O) groups is 1. The number of carbonyl (C=O) groups excluding carboxylic acids is 1. The quantitative estimate of drug-likeness (QED) is 0.301. The Bertz CT molecular complexity index is 1460. The molecule has 2 aromatic carbocycles. The highest BCUT2D eigenvalue weighted by Crippen LogP contribution is 2.69. The van der Waals surface area contributed by atoms with E-state index in [4.69, 9.17) is 4.74 Å². The van der Waals surface area contributed by atoms with Gasteiger partial charge in [-0.25, -0.2) is 17.9 Å². The molecule has 0 radical (unpaired) electrons. The molecule has 6 rings (SSSR count). The second-order valence-electron chi connectivity index (χ2n) is 15.2. The molecule has 4 aliphatic carbocycles. The maximum absolute atomic E-state index is 12.9. The van der Waals surface area contributed by atoms with Crippen LogP contribution in [0, 0.1) is 52.3 Å². The number of rotatable bonds is 7. The fourth-order valence-corrected chi connectivity index (χ4v) is 11.8. The van der Waals surface area contributed by atoms with Gasteiger partial charge in [0.15, 0.2) is 0 Å². The van der Waals surface area contributed by atoms with E-state index in [9.17, 15) is 23.4 Å². The molecular weight excluding hydrogens is 586 g/mol. The monoisotopic (exact) mass is 637 g/mol. The normalized spacial score (nSPS) is 38.4. The maximum Gasteiger partial charge on any atom is 0.421 e. The number of ether oxygens (including phenoxy) is 1. The molecule has 0 saturated heterocycles. The lowest BCUT2D eigenvalue weighted by atomic mass is 9.41. The van der Waals surface area contributed by atoms with Gasteiger partial charge in [-0.05, 0) is 120 Å². The fourth-order valence-electron chi connectivity index (χ4n) is 10.9. The van der Waals surface area contributed by atoms with E-state index in [0.717, 1.165) is 62.5 Å². The minimum absolute atomic E-state index is 0.00918. The van der Waals surface area contributed by atoms with Gasteiger partial charge in [0.05, 0.1) is 23.7 Å². The lowest BCUT2D eigenvalue weighted by Gasteiger charge is -2.64. The highest BCUT2D eigenvalue weighted by Gasteiger charge is 2.64. The van der Waals surface area contributed by atoms with Crippen LogP contribution in [0.15, 0.2) is 59.5 Å². The van der Waals surface area contributed by atoms with Crippen LogP contribution in [-0.4, -0.2) is 43.5 Å². The summed E-state index contributed by atoms with van der Waals surface area (Å²) in [7, 11) is -4.07. The van der Waals surface area contributed by atoms with Crippen molar-refractivity contribution in [2.24, 2.45) is 52.3 Å². The van der Waals surface area contributed by atoms with E-state index in [-0.39, 0.29) is 52.3 Å². The standard InChI is InChI=1S/C37H51NO6S/c1-5-28-32-21-26(39)17-19-37(32,4)31-18-20-36(3)29(15-16-30(36)33(31)34(28)40)23(2)22-44-35(41)38-45(42,43)27-13-11-25(12-14-27)24-9-7-6-8-10-24/h6-14,23,26,28-34,39-40H,5,15-22H2,1-4H3,(H,38,41)/t23-,26-,28-,29-,30+,31+,32+,33+,34-,36-,37-/m1/s1. The van der Waals surface area contributed by atoms with E-state index in [0.29, 0.717) is 23.7 Å². The summed E-state index contributed by atoms with van der Waals surface area (Å²) in [6.07, 6.45) is 6.33. The van der Waals surface area contributed by atoms with Crippen molar-refractivity contribution in [3.05, 3.63) is 54.6 Å². The molecule has 4 fully saturated rings. The fraction of sp³-hybridized carbons (Fsp3) is 0.649. The Morgan fingerprint density at radius 1 is 0.911 bits per heavy atom. The number of amides is 1. The van der Waals surface area contributed by atoms with E-state index in [1.807, 2.05) is 30.3 Å². The summed E-state index contributed by atoms with van der Waals surface area (Å²) in [5.41, 5.74) is 2.06. The summed E-state index contributed by atoms with van der Waals surface area (Å²) in [5.74, 6) is 2.10. The van der Waals surface area contributed by atoms with Gasteiger partial charge >= 0.3 is 6.09 Å². The summed E-state index contributed by atoms with van der Waals surface area (Å²) in [6.45, 7) is 9.29. The molecule has 11 atom stereocenters. The van der Waals surface area contributed by atoms with Crippen LogP contribution in [0.4, 0.5) is 4.79 Å². The van der Waals surface area contributed by atoms with Crippen molar-refractivity contribution in [2.75, 3.05) is 6.61 Å². The molecule has 0 aliphatic heterocycles. The molecule has 45 heavy (non-hydrogen) atoms. The first-order valence-electron chi connectivity index (χ1n) is 17.1. The minimum Gasteiger partial charge on any atom is -0.449 e. The van der Waals surface area contributed by atoms with Crippen LogP contribution in [-0.2, 0) is 14.8 Å². The van der Waals surface area contributed by atoms with E-state index in [1.165, 1.54) is 12.1 Å². The number of hydrogen-bond acceptors (Lipinski definition) is 6. The average molecular weight is 638 g/mol. The van der Waals surface area contributed by atoms with E-state index < -0.39 is 16.1 Å². The number of fused-ring (bicyclic) bond motifs is 5. The van der Waals surface area contributed by atoms with Gasteiger partial charge in [-0.1, -0.05) is 76.6 Å². The Balaban J connectivity index is 1.09. The van der Waals surface area contributed by atoms with E-state index >= 15 is 0 Å². The molecule has 1 amide bonds. The first-order chi connectivity index (χ1) is 21.4. The lowest BCUT2D eigenvalue weighted by Crippen LogP contribution is -2.62. The molecular formula is C37H51NO6S. The van der Waals surface area contributed by atoms with Crippen molar-refractivity contribution in [1.82, 2.24) is 4.72 Å². The smallest absolute Gasteiger partial charge is 0.421 e. The van der Waals surface area contributed by atoms with Gasteiger partial charge in [0.1, 0.15) is 0 Å². The van der Waals surface area contributed by atoms with Crippen LogP contribution in [0.3, 0.4) is 0 Å². The molecule has 2 aromatic rings. The maximum atomic E-state index is 12.9. The van der Waals surface area contributed by atoms with Crippen LogP contribution >= 0.6 is 0 Å². The zero-order valence-corrected chi connectivity index (χ0v) is 28.0. The Labute approximate surface area is 269 Å². The second-order valence-corrected chi connectivity index (χ2v) is 16.9. The minimum atomic E-state index is -4.07.